The summed E-state index contributed by atoms with van der Waals surface area (Å²) in [6, 6.07) is 8.76. The summed E-state index contributed by atoms with van der Waals surface area (Å²) in [5, 5.41) is 7.55. The number of rotatable bonds is 4. The van der Waals surface area contributed by atoms with Gasteiger partial charge in [0.15, 0.2) is 0 Å². The summed E-state index contributed by atoms with van der Waals surface area (Å²) in [5.41, 5.74) is 8.77. The number of amidine groups is 1. The van der Waals surface area contributed by atoms with Crippen LogP contribution in [0.1, 0.15) is 31.7 Å². The first kappa shape index (κ1) is 12.5. The first-order chi connectivity index (χ1) is 9.08. The highest BCUT2D eigenvalue weighted by molar-refractivity contribution is 5.78. The number of hydrogen-bond donors (Lipinski definition) is 2. The maximum Gasteiger partial charge on any atom is 0.0911 e. The maximum atomic E-state index is 7.55. The Morgan fingerprint density at radius 2 is 2.16 bits per heavy atom. The third kappa shape index (κ3) is 2.60. The summed E-state index contributed by atoms with van der Waals surface area (Å²) < 4.78 is 0. The van der Waals surface area contributed by atoms with Gasteiger partial charge in [0.2, 0.25) is 0 Å². The van der Waals surface area contributed by atoms with Gasteiger partial charge in [-0.2, -0.15) is 0 Å². The molecule has 1 aliphatic heterocycles. The van der Waals surface area contributed by atoms with Crippen LogP contribution in [-0.4, -0.2) is 18.9 Å². The van der Waals surface area contributed by atoms with E-state index in [9.17, 15) is 0 Å². The molecule has 0 aromatic heterocycles. The van der Waals surface area contributed by atoms with Gasteiger partial charge in [0, 0.05) is 25.2 Å². The highest BCUT2D eigenvalue weighted by Gasteiger charge is 2.45. The summed E-state index contributed by atoms with van der Waals surface area (Å²) >= 11 is 0. The molecule has 1 fully saturated rings. The molecule has 1 aliphatic carbocycles. The standard InChI is InChI=1S/C16H23N3/c1-12-8-13-4-2-3-5-14(13)19(10-12)11-16(6-7-16)9-15(17)18/h2-5,12H,6-11H2,1H3,(H3,17,18). The lowest BCUT2D eigenvalue weighted by Crippen LogP contribution is -2.39. The zero-order chi connectivity index (χ0) is 13.5. The Labute approximate surface area is 115 Å². The van der Waals surface area contributed by atoms with Gasteiger partial charge in [0.1, 0.15) is 0 Å². The van der Waals surface area contributed by atoms with Gasteiger partial charge in [0.25, 0.3) is 0 Å². The normalized spacial score (nSPS) is 23.8. The molecule has 1 aromatic carbocycles. The van der Waals surface area contributed by atoms with Gasteiger partial charge < -0.3 is 10.6 Å². The van der Waals surface area contributed by atoms with Gasteiger partial charge in [-0.25, -0.2) is 0 Å². The van der Waals surface area contributed by atoms with E-state index in [1.165, 1.54) is 30.5 Å². The van der Waals surface area contributed by atoms with Gasteiger partial charge in [-0.3, -0.25) is 5.41 Å². The molecule has 1 heterocycles. The molecule has 1 atom stereocenters. The van der Waals surface area contributed by atoms with Crippen LogP contribution in [0.2, 0.25) is 0 Å². The number of nitrogens with one attached hydrogen (secondary N) is 1. The van der Waals surface area contributed by atoms with Gasteiger partial charge in [0.05, 0.1) is 5.84 Å². The van der Waals surface area contributed by atoms with E-state index < -0.39 is 0 Å². The molecule has 0 saturated heterocycles. The topological polar surface area (TPSA) is 53.1 Å². The molecule has 3 N–H and O–H groups in total. The number of para-hydroxylation sites is 1. The maximum absolute atomic E-state index is 7.55. The van der Waals surface area contributed by atoms with Gasteiger partial charge in [-0.1, -0.05) is 25.1 Å². The van der Waals surface area contributed by atoms with E-state index >= 15 is 0 Å². The van der Waals surface area contributed by atoms with Crippen molar-refractivity contribution in [2.75, 3.05) is 18.0 Å². The number of fused-ring (bicyclic) bond motifs is 1. The highest BCUT2D eigenvalue weighted by atomic mass is 15.2. The molecule has 3 heteroatoms. The second-order valence-electron chi connectivity index (χ2n) is 6.52. The van der Waals surface area contributed by atoms with E-state index in [0.717, 1.165) is 19.5 Å². The molecular formula is C16H23N3. The Balaban J connectivity index is 1.80. The SMILES string of the molecule is CC1Cc2ccccc2N(CC2(CC(=N)N)CC2)C1. The Kier molecular flexibility index (Phi) is 3.00. The van der Waals surface area contributed by atoms with Gasteiger partial charge in [-0.05, 0) is 42.2 Å². The summed E-state index contributed by atoms with van der Waals surface area (Å²) in [4.78, 5) is 2.53. The fraction of sp³-hybridized carbons (Fsp3) is 0.562. The van der Waals surface area contributed by atoms with Crippen molar-refractivity contribution in [3.8, 4) is 0 Å². The van der Waals surface area contributed by atoms with Crippen molar-refractivity contribution in [1.29, 1.82) is 5.41 Å². The Morgan fingerprint density at radius 1 is 1.42 bits per heavy atom. The smallest absolute Gasteiger partial charge is 0.0911 e. The number of nitrogens with zero attached hydrogens (tertiary/aromatic N) is 1. The van der Waals surface area contributed by atoms with Crippen LogP contribution in [0.25, 0.3) is 0 Å². The molecule has 19 heavy (non-hydrogen) atoms. The van der Waals surface area contributed by atoms with E-state index in [1.54, 1.807) is 0 Å². The Hall–Kier alpha value is -1.51. The molecule has 0 radical (unpaired) electrons. The summed E-state index contributed by atoms with van der Waals surface area (Å²) in [7, 11) is 0. The molecule has 102 valence electrons. The average Bonchev–Trinajstić information content (AvgIpc) is 3.07. The van der Waals surface area contributed by atoms with E-state index in [1.807, 2.05) is 0 Å². The minimum Gasteiger partial charge on any atom is -0.388 e. The van der Waals surface area contributed by atoms with Crippen LogP contribution in [0.3, 0.4) is 0 Å². The lowest BCUT2D eigenvalue weighted by atomic mass is 9.91. The molecule has 1 aromatic rings. The zero-order valence-electron chi connectivity index (χ0n) is 11.7. The van der Waals surface area contributed by atoms with E-state index in [4.69, 9.17) is 11.1 Å². The summed E-state index contributed by atoms with van der Waals surface area (Å²) in [6.45, 7) is 4.53. The molecule has 0 spiro atoms. The molecule has 3 rings (SSSR count). The van der Waals surface area contributed by atoms with Crippen LogP contribution in [-0.2, 0) is 6.42 Å². The van der Waals surface area contributed by atoms with Crippen LogP contribution >= 0.6 is 0 Å². The number of anilines is 1. The van der Waals surface area contributed by atoms with Crippen molar-refractivity contribution in [1.82, 2.24) is 0 Å². The van der Waals surface area contributed by atoms with Crippen LogP contribution < -0.4 is 10.6 Å². The lowest BCUT2D eigenvalue weighted by molar-refractivity contribution is 0.461. The average molecular weight is 257 g/mol. The van der Waals surface area contributed by atoms with Crippen molar-refractivity contribution in [3.63, 3.8) is 0 Å². The van der Waals surface area contributed by atoms with Crippen molar-refractivity contribution in [3.05, 3.63) is 29.8 Å². The molecule has 2 aliphatic rings. The van der Waals surface area contributed by atoms with E-state index in [2.05, 4.69) is 36.1 Å². The van der Waals surface area contributed by atoms with Gasteiger partial charge >= 0.3 is 0 Å². The Morgan fingerprint density at radius 3 is 2.84 bits per heavy atom. The first-order valence-corrected chi connectivity index (χ1v) is 7.24. The third-order valence-corrected chi connectivity index (χ3v) is 4.48. The quantitative estimate of drug-likeness (QED) is 0.643. The van der Waals surface area contributed by atoms with E-state index in [-0.39, 0.29) is 5.41 Å². The number of hydrogen-bond acceptors (Lipinski definition) is 2. The molecule has 1 unspecified atom stereocenters. The van der Waals surface area contributed by atoms with Crippen LogP contribution in [0.15, 0.2) is 24.3 Å². The fourth-order valence-corrected chi connectivity index (χ4v) is 3.43. The second-order valence-corrected chi connectivity index (χ2v) is 6.52. The zero-order valence-corrected chi connectivity index (χ0v) is 11.7. The summed E-state index contributed by atoms with van der Waals surface area (Å²) in [5.74, 6) is 1.05. The minimum absolute atomic E-state index is 0.288. The summed E-state index contributed by atoms with van der Waals surface area (Å²) in [6.07, 6.45) is 4.39. The monoisotopic (exact) mass is 257 g/mol. The second kappa shape index (κ2) is 4.55. The van der Waals surface area contributed by atoms with Crippen molar-refractivity contribution >= 4 is 11.5 Å². The van der Waals surface area contributed by atoms with E-state index in [0.29, 0.717) is 11.8 Å². The molecule has 0 amide bonds. The molecule has 1 saturated carbocycles. The molecular weight excluding hydrogens is 234 g/mol. The van der Waals surface area contributed by atoms with Crippen molar-refractivity contribution in [2.24, 2.45) is 17.1 Å². The van der Waals surface area contributed by atoms with Crippen LogP contribution in [0.5, 0.6) is 0 Å². The lowest BCUT2D eigenvalue weighted by Gasteiger charge is -2.37. The number of benzene rings is 1. The first-order valence-electron chi connectivity index (χ1n) is 7.24. The van der Waals surface area contributed by atoms with Crippen LogP contribution in [0.4, 0.5) is 5.69 Å². The van der Waals surface area contributed by atoms with Crippen molar-refractivity contribution < 1.29 is 0 Å². The fourth-order valence-electron chi connectivity index (χ4n) is 3.43. The van der Waals surface area contributed by atoms with Crippen LogP contribution in [0, 0.1) is 16.7 Å². The Bertz CT molecular complexity index is 491. The van der Waals surface area contributed by atoms with Gasteiger partial charge in [-0.15, -0.1) is 0 Å². The largest absolute Gasteiger partial charge is 0.388 e. The van der Waals surface area contributed by atoms with Crippen molar-refractivity contribution in [2.45, 2.75) is 32.6 Å². The number of nitrogens with two attached hydrogens (primary N) is 1. The molecule has 3 nitrogen and oxygen atoms in total. The predicted octanol–water partition coefficient (Wildman–Crippen LogP) is 2.79. The predicted molar refractivity (Wildman–Crippen MR) is 79.7 cm³/mol. The third-order valence-electron chi connectivity index (χ3n) is 4.48. The minimum atomic E-state index is 0.288. The molecule has 0 bridgehead atoms. The highest BCUT2D eigenvalue weighted by Crippen LogP contribution is 2.50.